The smallest absolute Gasteiger partial charge is 0.168 e. The number of nitrogens with two attached hydrogens (primary N) is 1. The van der Waals surface area contributed by atoms with E-state index in [2.05, 4.69) is 5.10 Å². The fraction of sp³-hybridized carbons (Fsp3) is 0.100. The Hall–Kier alpha value is -2.24. The first kappa shape index (κ1) is 10.3. The number of anilines is 1. The second-order valence-corrected chi connectivity index (χ2v) is 3.36. The van der Waals surface area contributed by atoms with Gasteiger partial charge in [-0.25, -0.2) is 4.39 Å². The van der Waals surface area contributed by atoms with Gasteiger partial charge in [0, 0.05) is 7.05 Å². The number of hydrogen-bond donors (Lipinski definition) is 3. The van der Waals surface area contributed by atoms with Crippen molar-refractivity contribution in [2.75, 3.05) is 5.73 Å². The van der Waals surface area contributed by atoms with Crippen LogP contribution in [0.1, 0.15) is 0 Å². The molecule has 0 aliphatic heterocycles. The minimum Gasteiger partial charge on any atom is -0.504 e. The molecule has 0 radical (unpaired) electrons. The fourth-order valence-electron chi connectivity index (χ4n) is 1.45. The molecule has 1 aromatic carbocycles. The number of hydrogen-bond acceptors (Lipinski definition) is 4. The van der Waals surface area contributed by atoms with Crippen molar-refractivity contribution in [3.8, 4) is 22.6 Å². The standard InChI is InChI=1S/C10H10FN3O2/c1-14-10(12)5(4-13-14)8-6(11)2-3-7(15)9(8)16/h2-4,15-16H,12H2,1H3. The van der Waals surface area contributed by atoms with Gasteiger partial charge in [-0.3, -0.25) is 4.68 Å². The predicted octanol–water partition coefficient (Wildman–Crippen LogP) is 1.22. The van der Waals surface area contributed by atoms with Crippen LogP contribution in [0, 0.1) is 5.82 Å². The summed E-state index contributed by atoms with van der Waals surface area (Å²) in [5.74, 6) is -1.41. The zero-order valence-electron chi connectivity index (χ0n) is 8.48. The number of halogens is 1. The minimum absolute atomic E-state index is 0.148. The molecular formula is C10H10FN3O2. The Morgan fingerprint density at radius 2 is 2.06 bits per heavy atom. The van der Waals surface area contributed by atoms with Crippen LogP contribution in [-0.4, -0.2) is 20.0 Å². The van der Waals surface area contributed by atoms with Crippen LogP contribution in [0.4, 0.5) is 10.2 Å². The lowest BCUT2D eigenvalue weighted by Gasteiger charge is -2.06. The van der Waals surface area contributed by atoms with Crippen molar-refractivity contribution in [1.29, 1.82) is 0 Å². The summed E-state index contributed by atoms with van der Waals surface area (Å²) in [6.45, 7) is 0. The molecule has 16 heavy (non-hydrogen) atoms. The van der Waals surface area contributed by atoms with E-state index in [-0.39, 0.29) is 16.9 Å². The maximum Gasteiger partial charge on any atom is 0.168 e. The number of aryl methyl sites for hydroxylation is 1. The van der Waals surface area contributed by atoms with E-state index in [9.17, 15) is 14.6 Å². The first-order valence-electron chi connectivity index (χ1n) is 4.50. The van der Waals surface area contributed by atoms with Crippen LogP contribution in [0.5, 0.6) is 11.5 Å². The summed E-state index contributed by atoms with van der Waals surface area (Å²) in [6, 6.07) is 2.12. The SMILES string of the molecule is Cn1ncc(-c2c(F)ccc(O)c2O)c1N. The summed E-state index contributed by atoms with van der Waals surface area (Å²) in [6.07, 6.45) is 1.33. The topological polar surface area (TPSA) is 84.3 Å². The van der Waals surface area contributed by atoms with E-state index in [4.69, 9.17) is 5.73 Å². The van der Waals surface area contributed by atoms with Crippen LogP contribution in [0.2, 0.25) is 0 Å². The van der Waals surface area contributed by atoms with Crippen LogP contribution in [0.15, 0.2) is 18.3 Å². The molecule has 0 unspecified atom stereocenters. The van der Waals surface area contributed by atoms with Gasteiger partial charge in [-0.1, -0.05) is 0 Å². The van der Waals surface area contributed by atoms with Gasteiger partial charge >= 0.3 is 0 Å². The van der Waals surface area contributed by atoms with E-state index < -0.39 is 17.3 Å². The zero-order valence-corrected chi connectivity index (χ0v) is 8.48. The summed E-state index contributed by atoms with van der Waals surface area (Å²) in [7, 11) is 1.59. The van der Waals surface area contributed by atoms with Crippen LogP contribution in [-0.2, 0) is 7.05 Å². The number of nitrogen functional groups attached to an aromatic ring is 1. The van der Waals surface area contributed by atoms with Gasteiger partial charge in [0.2, 0.25) is 0 Å². The monoisotopic (exact) mass is 223 g/mol. The molecule has 0 aliphatic rings. The molecule has 0 atom stereocenters. The average molecular weight is 223 g/mol. The van der Waals surface area contributed by atoms with Crippen molar-refractivity contribution in [2.45, 2.75) is 0 Å². The third kappa shape index (κ3) is 1.35. The Morgan fingerprint density at radius 3 is 2.62 bits per heavy atom. The van der Waals surface area contributed by atoms with Gasteiger partial charge in [-0.2, -0.15) is 5.10 Å². The molecule has 84 valence electrons. The lowest BCUT2D eigenvalue weighted by atomic mass is 10.1. The van der Waals surface area contributed by atoms with Crippen molar-refractivity contribution < 1.29 is 14.6 Å². The van der Waals surface area contributed by atoms with Gasteiger partial charge in [0.1, 0.15) is 11.6 Å². The second-order valence-electron chi connectivity index (χ2n) is 3.36. The maximum atomic E-state index is 13.5. The highest BCUT2D eigenvalue weighted by atomic mass is 19.1. The summed E-state index contributed by atoms with van der Waals surface area (Å²) >= 11 is 0. The molecule has 1 heterocycles. The van der Waals surface area contributed by atoms with Gasteiger partial charge in [0.15, 0.2) is 11.5 Å². The molecule has 4 N–H and O–H groups in total. The van der Waals surface area contributed by atoms with Gasteiger partial charge < -0.3 is 15.9 Å². The van der Waals surface area contributed by atoms with Crippen molar-refractivity contribution in [3.63, 3.8) is 0 Å². The summed E-state index contributed by atoms with van der Waals surface area (Å²) in [5.41, 5.74) is 5.76. The minimum atomic E-state index is -0.671. The highest BCUT2D eigenvalue weighted by Gasteiger charge is 2.18. The number of nitrogens with zero attached hydrogens (tertiary/aromatic N) is 2. The zero-order chi connectivity index (χ0) is 11.9. The Balaban J connectivity index is 2.73. The van der Waals surface area contributed by atoms with Gasteiger partial charge in [0.05, 0.1) is 17.3 Å². The van der Waals surface area contributed by atoms with E-state index in [1.807, 2.05) is 0 Å². The Labute approximate surface area is 90.6 Å². The number of phenols is 2. The molecule has 0 aliphatic carbocycles. The molecule has 1 aromatic heterocycles. The fourth-order valence-corrected chi connectivity index (χ4v) is 1.45. The molecule has 6 heteroatoms. The normalized spacial score (nSPS) is 10.6. The molecule has 2 aromatic rings. The molecule has 0 amide bonds. The maximum absolute atomic E-state index is 13.5. The van der Waals surface area contributed by atoms with Crippen LogP contribution in [0.25, 0.3) is 11.1 Å². The average Bonchev–Trinajstić information content (AvgIpc) is 2.56. The first-order valence-corrected chi connectivity index (χ1v) is 4.50. The largest absolute Gasteiger partial charge is 0.504 e. The molecule has 5 nitrogen and oxygen atoms in total. The molecular weight excluding hydrogens is 213 g/mol. The first-order chi connectivity index (χ1) is 7.52. The van der Waals surface area contributed by atoms with Gasteiger partial charge in [-0.05, 0) is 12.1 Å². The second kappa shape index (κ2) is 3.41. The van der Waals surface area contributed by atoms with Gasteiger partial charge in [0.25, 0.3) is 0 Å². The van der Waals surface area contributed by atoms with E-state index in [1.165, 1.54) is 10.9 Å². The quantitative estimate of drug-likeness (QED) is 0.634. The van der Waals surface area contributed by atoms with Gasteiger partial charge in [-0.15, -0.1) is 0 Å². The molecule has 0 bridgehead atoms. The van der Waals surface area contributed by atoms with Crippen LogP contribution < -0.4 is 5.73 Å². The molecule has 0 saturated heterocycles. The lowest BCUT2D eigenvalue weighted by molar-refractivity contribution is 0.402. The Bertz CT molecular complexity index is 551. The molecule has 0 fully saturated rings. The Kier molecular flexibility index (Phi) is 2.19. The van der Waals surface area contributed by atoms with Crippen molar-refractivity contribution in [1.82, 2.24) is 9.78 Å². The number of aromatic hydroxyl groups is 2. The highest BCUT2D eigenvalue weighted by molar-refractivity contribution is 5.80. The lowest BCUT2D eigenvalue weighted by Crippen LogP contribution is -1.98. The van der Waals surface area contributed by atoms with E-state index in [1.54, 1.807) is 7.05 Å². The number of aromatic nitrogens is 2. The molecule has 2 rings (SSSR count). The third-order valence-electron chi connectivity index (χ3n) is 2.36. The third-order valence-corrected chi connectivity index (χ3v) is 2.36. The van der Waals surface area contributed by atoms with E-state index >= 15 is 0 Å². The summed E-state index contributed by atoms with van der Waals surface area (Å²) in [4.78, 5) is 0. The number of phenolic OH excluding ortho intramolecular Hbond substituents is 2. The van der Waals surface area contributed by atoms with E-state index in [0.717, 1.165) is 12.1 Å². The van der Waals surface area contributed by atoms with Crippen molar-refractivity contribution in [2.24, 2.45) is 7.05 Å². The summed E-state index contributed by atoms with van der Waals surface area (Å²) in [5, 5.41) is 22.7. The molecule has 0 spiro atoms. The highest BCUT2D eigenvalue weighted by Crippen LogP contribution is 2.40. The number of benzene rings is 1. The van der Waals surface area contributed by atoms with Crippen LogP contribution in [0.3, 0.4) is 0 Å². The Morgan fingerprint density at radius 1 is 1.38 bits per heavy atom. The summed E-state index contributed by atoms with van der Waals surface area (Å²) < 4.78 is 14.9. The number of rotatable bonds is 1. The van der Waals surface area contributed by atoms with E-state index in [0.29, 0.717) is 0 Å². The molecule has 0 saturated carbocycles. The van der Waals surface area contributed by atoms with Crippen molar-refractivity contribution in [3.05, 3.63) is 24.1 Å². The predicted molar refractivity (Wildman–Crippen MR) is 56.3 cm³/mol. The van der Waals surface area contributed by atoms with Crippen molar-refractivity contribution >= 4 is 5.82 Å². The van der Waals surface area contributed by atoms with Crippen LogP contribution >= 0.6 is 0 Å².